The molecule has 0 aromatic rings. The molecule has 3 atom stereocenters. The first-order valence-corrected chi connectivity index (χ1v) is 5.22. The lowest BCUT2D eigenvalue weighted by Gasteiger charge is -2.22. The lowest BCUT2D eigenvalue weighted by Crippen LogP contribution is -2.38. The Labute approximate surface area is 84.5 Å². The molecule has 2 amide bonds. The van der Waals surface area contributed by atoms with Crippen LogP contribution in [0.3, 0.4) is 0 Å². The molecule has 0 radical (unpaired) electrons. The van der Waals surface area contributed by atoms with Gasteiger partial charge in [-0.2, -0.15) is 0 Å². The van der Waals surface area contributed by atoms with Gasteiger partial charge >= 0.3 is 6.03 Å². The van der Waals surface area contributed by atoms with E-state index in [1.165, 1.54) is 0 Å². The summed E-state index contributed by atoms with van der Waals surface area (Å²) in [6, 6.07) is 0.105. The van der Waals surface area contributed by atoms with Crippen molar-refractivity contribution in [1.29, 1.82) is 0 Å². The fourth-order valence-corrected chi connectivity index (χ4v) is 2.71. The predicted molar refractivity (Wildman–Crippen MR) is 52.9 cm³/mol. The van der Waals surface area contributed by atoms with Crippen LogP contribution < -0.4 is 0 Å². The highest BCUT2D eigenvalue weighted by atomic mass is 16.3. The van der Waals surface area contributed by atoms with E-state index in [1.807, 2.05) is 4.90 Å². The summed E-state index contributed by atoms with van der Waals surface area (Å²) in [5, 5.41) is 9.46. The molecular weight excluding hydrogens is 180 g/mol. The Morgan fingerprint density at radius 1 is 1.29 bits per heavy atom. The number of fused-ring (bicyclic) bond motifs is 1. The van der Waals surface area contributed by atoms with Gasteiger partial charge in [0.25, 0.3) is 0 Å². The summed E-state index contributed by atoms with van der Waals surface area (Å²) in [7, 11) is 3.57. The first-order chi connectivity index (χ1) is 6.58. The van der Waals surface area contributed by atoms with Crippen molar-refractivity contribution < 1.29 is 9.90 Å². The van der Waals surface area contributed by atoms with Crippen LogP contribution in [0.4, 0.5) is 4.79 Å². The SMILES string of the molecule is CN(C)C(=O)N1C[C@H]2CC(O)C[C@H]2C1. The number of carbonyl (C=O) groups is 1. The van der Waals surface area contributed by atoms with Gasteiger partial charge in [-0.25, -0.2) is 4.79 Å². The van der Waals surface area contributed by atoms with Gasteiger partial charge in [-0.05, 0) is 24.7 Å². The Morgan fingerprint density at radius 2 is 1.79 bits per heavy atom. The van der Waals surface area contributed by atoms with Crippen LogP contribution in [0.5, 0.6) is 0 Å². The van der Waals surface area contributed by atoms with Gasteiger partial charge in [0, 0.05) is 27.2 Å². The molecule has 80 valence electrons. The molecule has 2 fully saturated rings. The number of nitrogens with zero attached hydrogens (tertiary/aromatic N) is 2. The van der Waals surface area contributed by atoms with Crippen molar-refractivity contribution in [2.45, 2.75) is 18.9 Å². The van der Waals surface area contributed by atoms with Gasteiger partial charge in [-0.1, -0.05) is 0 Å². The summed E-state index contributed by atoms with van der Waals surface area (Å²) in [6.45, 7) is 1.66. The summed E-state index contributed by atoms with van der Waals surface area (Å²) in [4.78, 5) is 15.2. The quantitative estimate of drug-likeness (QED) is 0.611. The Kier molecular flexibility index (Phi) is 2.39. The van der Waals surface area contributed by atoms with Crippen LogP contribution in [0.1, 0.15) is 12.8 Å². The zero-order valence-electron chi connectivity index (χ0n) is 8.81. The second-order valence-electron chi connectivity index (χ2n) is 4.73. The number of aliphatic hydroxyl groups excluding tert-OH is 1. The van der Waals surface area contributed by atoms with Crippen LogP contribution in [0.25, 0.3) is 0 Å². The summed E-state index contributed by atoms with van der Waals surface area (Å²) >= 11 is 0. The molecule has 1 N–H and O–H groups in total. The molecule has 0 bridgehead atoms. The fourth-order valence-electron chi connectivity index (χ4n) is 2.71. The standard InChI is InChI=1S/C10H18N2O2/c1-11(2)10(14)12-5-7-3-9(13)4-8(7)6-12/h7-9,13H,3-6H2,1-2H3/t7-,8+,9?. The maximum atomic E-state index is 11.6. The molecule has 4 nitrogen and oxygen atoms in total. The van der Waals surface area contributed by atoms with Crippen LogP contribution in [-0.4, -0.2) is 54.2 Å². The second kappa shape index (κ2) is 3.42. The first-order valence-electron chi connectivity index (χ1n) is 5.22. The predicted octanol–water partition coefficient (Wildman–Crippen LogP) is 0.371. The van der Waals surface area contributed by atoms with E-state index in [1.54, 1.807) is 19.0 Å². The average molecular weight is 198 g/mol. The topological polar surface area (TPSA) is 43.8 Å². The number of hydrogen-bond donors (Lipinski definition) is 1. The van der Waals surface area contributed by atoms with E-state index in [-0.39, 0.29) is 12.1 Å². The second-order valence-corrected chi connectivity index (χ2v) is 4.73. The molecule has 1 heterocycles. The van der Waals surface area contributed by atoms with Gasteiger partial charge in [-0.15, -0.1) is 0 Å². The summed E-state index contributed by atoms with van der Waals surface area (Å²) in [6.07, 6.45) is 1.63. The smallest absolute Gasteiger partial charge is 0.319 e. The fraction of sp³-hybridized carbons (Fsp3) is 0.900. The van der Waals surface area contributed by atoms with Crippen molar-refractivity contribution >= 4 is 6.03 Å². The lowest BCUT2D eigenvalue weighted by molar-refractivity contribution is 0.153. The Morgan fingerprint density at radius 3 is 2.21 bits per heavy atom. The van der Waals surface area contributed by atoms with Crippen molar-refractivity contribution in [1.82, 2.24) is 9.80 Å². The maximum absolute atomic E-state index is 11.6. The van der Waals surface area contributed by atoms with Gasteiger partial charge in [0.2, 0.25) is 0 Å². The zero-order chi connectivity index (χ0) is 10.3. The Hall–Kier alpha value is -0.770. The van der Waals surface area contributed by atoms with Crippen molar-refractivity contribution in [3.05, 3.63) is 0 Å². The molecule has 2 rings (SSSR count). The minimum absolute atomic E-state index is 0.105. The van der Waals surface area contributed by atoms with Gasteiger partial charge < -0.3 is 14.9 Å². The molecule has 1 aliphatic carbocycles. The highest BCUT2D eigenvalue weighted by Crippen LogP contribution is 2.38. The molecule has 0 aromatic carbocycles. The van der Waals surface area contributed by atoms with E-state index < -0.39 is 0 Å². The van der Waals surface area contributed by atoms with Gasteiger partial charge in [-0.3, -0.25) is 0 Å². The van der Waals surface area contributed by atoms with Gasteiger partial charge in [0.05, 0.1) is 6.10 Å². The van der Waals surface area contributed by atoms with E-state index in [0.29, 0.717) is 11.8 Å². The average Bonchev–Trinajstić information content (AvgIpc) is 2.59. The highest BCUT2D eigenvalue weighted by Gasteiger charge is 2.41. The van der Waals surface area contributed by atoms with E-state index in [9.17, 15) is 9.90 Å². The molecule has 4 heteroatoms. The van der Waals surface area contributed by atoms with E-state index in [0.717, 1.165) is 25.9 Å². The third-order valence-corrected chi connectivity index (χ3v) is 3.38. The third-order valence-electron chi connectivity index (χ3n) is 3.38. The molecule has 2 aliphatic rings. The van der Waals surface area contributed by atoms with Crippen molar-refractivity contribution in [3.63, 3.8) is 0 Å². The lowest BCUT2D eigenvalue weighted by atomic mass is 10.0. The van der Waals surface area contributed by atoms with E-state index in [2.05, 4.69) is 0 Å². The largest absolute Gasteiger partial charge is 0.393 e. The molecule has 0 aromatic heterocycles. The van der Waals surface area contributed by atoms with Gasteiger partial charge in [0.1, 0.15) is 0 Å². The monoisotopic (exact) mass is 198 g/mol. The summed E-state index contributed by atoms with van der Waals surface area (Å²) in [5.74, 6) is 1.07. The molecular formula is C10H18N2O2. The van der Waals surface area contributed by atoms with Crippen LogP contribution in [0.15, 0.2) is 0 Å². The molecule has 0 spiro atoms. The zero-order valence-corrected chi connectivity index (χ0v) is 8.81. The number of urea groups is 1. The van der Waals surface area contributed by atoms with Crippen molar-refractivity contribution in [2.24, 2.45) is 11.8 Å². The van der Waals surface area contributed by atoms with E-state index >= 15 is 0 Å². The summed E-state index contributed by atoms with van der Waals surface area (Å²) in [5.41, 5.74) is 0. The van der Waals surface area contributed by atoms with Crippen LogP contribution in [0.2, 0.25) is 0 Å². The highest BCUT2D eigenvalue weighted by molar-refractivity contribution is 5.74. The Bertz CT molecular complexity index is 228. The Balaban J connectivity index is 1.94. The number of hydrogen-bond acceptors (Lipinski definition) is 2. The summed E-state index contributed by atoms with van der Waals surface area (Å²) < 4.78 is 0. The number of carbonyl (C=O) groups excluding carboxylic acids is 1. The minimum Gasteiger partial charge on any atom is -0.393 e. The molecule has 1 saturated heterocycles. The van der Waals surface area contributed by atoms with Gasteiger partial charge in [0.15, 0.2) is 0 Å². The molecule has 1 saturated carbocycles. The van der Waals surface area contributed by atoms with Crippen LogP contribution in [-0.2, 0) is 0 Å². The third kappa shape index (κ3) is 1.59. The molecule has 14 heavy (non-hydrogen) atoms. The van der Waals surface area contributed by atoms with Crippen LogP contribution >= 0.6 is 0 Å². The molecule has 1 unspecified atom stereocenters. The number of rotatable bonds is 0. The maximum Gasteiger partial charge on any atom is 0.319 e. The normalized spacial score (nSPS) is 35.9. The van der Waals surface area contributed by atoms with Crippen molar-refractivity contribution in [3.8, 4) is 0 Å². The number of aliphatic hydroxyl groups is 1. The minimum atomic E-state index is -0.124. The number of likely N-dealkylation sites (tertiary alicyclic amines) is 1. The van der Waals surface area contributed by atoms with Crippen LogP contribution in [0, 0.1) is 11.8 Å². The first kappa shape index (κ1) is 9.77. The van der Waals surface area contributed by atoms with Crippen molar-refractivity contribution in [2.75, 3.05) is 27.2 Å². The molecule has 1 aliphatic heterocycles. The number of amides is 2. The van der Waals surface area contributed by atoms with E-state index in [4.69, 9.17) is 0 Å².